The van der Waals surface area contributed by atoms with Gasteiger partial charge in [0.25, 0.3) is 5.60 Å². The lowest BCUT2D eigenvalue weighted by Gasteiger charge is -2.41. The minimum absolute atomic E-state index is 0.0351. The number of hydrogen-bond acceptors (Lipinski definition) is 2. The Balaban J connectivity index is 3.22. The third kappa shape index (κ3) is 4.25. The molecule has 0 unspecified atom stereocenters. The number of rotatable bonds is 4. The Labute approximate surface area is 141 Å². The molecule has 1 aromatic rings. The van der Waals surface area contributed by atoms with E-state index in [4.69, 9.17) is 5.11 Å². The number of halogens is 12. The second kappa shape index (κ2) is 6.42. The van der Waals surface area contributed by atoms with Crippen LogP contribution in [-0.2, 0) is 13.1 Å². The lowest BCUT2D eigenvalue weighted by atomic mass is 10.0. The fourth-order valence-corrected chi connectivity index (χ4v) is 1.83. The molecule has 0 amide bonds. The van der Waals surface area contributed by atoms with E-state index in [-0.39, 0.29) is 27.9 Å². The summed E-state index contributed by atoms with van der Waals surface area (Å²) in [4.78, 5) is 0. The first-order chi connectivity index (χ1) is 11.7. The molecule has 1 aromatic heterocycles. The predicted octanol–water partition coefficient (Wildman–Crippen LogP) is 1.86. The molecule has 0 spiro atoms. The highest BCUT2D eigenvalue weighted by Crippen LogP contribution is 2.44. The molecule has 0 aliphatic heterocycles. The van der Waals surface area contributed by atoms with Gasteiger partial charge in [0.1, 0.15) is 24.5 Å². The standard InChI is InChI=1S/C11H8F12N2O2/c12-8(13,14)6(26,9(15,16)17)3-24-1-2-25(5-24)4-7(27,10(18,19)20)11(21,22)23/h1-2,5,26H,3-4H2. The van der Waals surface area contributed by atoms with E-state index in [9.17, 15) is 57.8 Å². The van der Waals surface area contributed by atoms with Crippen LogP contribution in [0.2, 0.25) is 0 Å². The Hall–Kier alpha value is -1.71. The van der Waals surface area contributed by atoms with Crippen molar-refractivity contribution >= 4 is 0 Å². The molecule has 0 saturated carbocycles. The molecule has 0 atom stereocenters. The number of hydrogen-bond donors (Lipinski definition) is 1. The molecule has 0 radical (unpaired) electrons. The van der Waals surface area contributed by atoms with Crippen LogP contribution in [0.5, 0.6) is 0 Å². The molecule has 1 rings (SSSR count). The van der Waals surface area contributed by atoms with Gasteiger partial charge in [0.05, 0.1) is 6.54 Å². The van der Waals surface area contributed by atoms with Crippen molar-refractivity contribution in [3.05, 3.63) is 18.7 Å². The second-order valence-electron chi connectivity index (χ2n) is 5.44. The number of imidazole rings is 1. The topological polar surface area (TPSA) is 52.1 Å². The first-order valence-corrected chi connectivity index (χ1v) is 6.40. The summed E-state index contributed by atoms with van der Waals surface area (Å²) in [6, 6.07) is 0. The third-order valence-corrected chi connectivity index (χ3v) is 3.42. The van der Waals surface area contributed by atoms with E-state index < -0.39 is 49.0 Å². The molecule has 158 valence electrons. The number of alkyl halides is 12. The smallest absolute Gasteiger partial charge is 0.430 e. The predicted molar refractivity (Wildman–Crippen MR) is 56.5 cm³/mol. The molecule has 27 heavy (non-hydrogen) atoms. The van der Waals surface area contributed by atoms with E-state index in [1.807, 2.05) is 0 Å². The van der Waals surface area contributed by atoms with Crippen LogP contribution < -0.4 is 9.67 Å². The Bertz CT molecular complexity index is 572. The molecular weight excluding hydrogens is 420 g/mol. The molecule has 16 heteroatoms. The summed E-state index contributed by atoms with van der Waals surface area (Å²) in [6.45, 7) is -4.74. The maximum atomic E-state index is 12.5. The van der Waals surface area contributed by atoms with Crippen LogP contribution in [0.25, 0.3) is 0 Å². The second-order valence-corrected chi connectivity index (χ2v) is 5.44. The summed E-state index contributed by atoms with van der Waals surface area (Å²) in [7, 11) is 0. The summed E-state index contributed by atoms with van der Waals surface area (Å²) < 4.78 is 150. The quantitative estimate of drug-likeness (QED) is 0.588. The van der Waals surface area contributed by atoms with Crippen LogP contribution in [0.1, 0.15) is 0 Å². The van der Waals surface area contributed by atoms with E-state index in [1.165, 1.54) is 0 Å². The van der Waals surface area contributed by atoms with Crippen molar-refractivity contribution in [3.63, 3.8) is 0 Å². The molecule has 0 saturated heterocycles. The zero-order valence-corrected chi connectivity index (χ0v) is 12.4. The van der Waals surface area contributed by atoms with Gasteiger partial charge in [-0.05, 0) is 0 Å². The fraction of sp³-hybridized carbons (Fsp3) is 0.727. The van der Waals surface area contributed by atoms with Crippen LogP contribution in [0.4, 0.5) is 52.7 Å². The maximum Gasteiger partial charge on any atom is 0.430 e. The largest absolute Gasteiger partial charge is 0.833 e. The van der Waals surface area contributed by atoms with Crippen molar-refractivity contribution < 1.29 is 67.5 Å². The van der Waals surface area contributed by atoms with Crippen LogP contribution in [-0.4, -0.2) is 45.6 Å². The van der Waals surface area contributed by atoms with Crippen molar-refractivity contribution in [1.82, 2.24) is 4.57 Å². The molecule has 0 bridgehead atoms. The van der Waals surface area contributed by atoms with E-state index in [1.54, 1.807) is 0 Å². The van der Waals surface area contributed by atoms with Gasteiger partial charge in [-0.25, -0.2) is 9.13 Å². The van der Waals surface area contributed by atoms with E-state index >= 15 is 0 Å². The molecule has 1 N–H and O–H groups in total. The van der Waals surface area contributed by atoms with Gasteiger partial charge < -0.3 is 10.2 Å². The summed E-state index contributed by atoms with van der Waals surface area (Å²) in [5.41, 5.74) is -10.9. The van der Waals surface area contributed by atoms with Crippen LogP contribution >= 0.6 is 0 Å². The van der Waals surface area contributed by atoms with Gasteiger partial charge in [0, 0.05) is 0 Å². The minimum atomic E-state index is -6.36. The summed E-state index contributed by atoms with van der Waals surface area (Å²) >= 11 is 0. The summed E-state index contributed by atoms with van der Waals surface area (Å²) in [5, 5.41) is 20.2. The fourth-order valence-electron chi connectivity index (χ4n) is 1.83. The molecule has 0 aromatic carbocycles. The highest BCUT2D eigenvalue weighted by Gasteiger charge is 2.72. The van der Waals surface area contributed by atoms with Gasteiger partial charge in [-0.2, -0.15) is 52.7 Å². The zero-order chi connectivity index (χ0) is 21.7. The lowest BCUT2D eigenvalue weighted by molar-refractivity contribution is -0.761. The zero-order valence-electron chi connectivity index (χ0n) is 12.4. The van der Waals surface area contributed by atoms with E-state index in [0.29, 0.717) is 0 Å². The highest BCUT2D eigenvalue weighted by atomic mass is 19.4. The normalized spacial score (nSPS) is 15.3. The minimum Gasteiger partial charge on any atom is -0.833 e. The van der Waals surface area contributed by atoms with Gasteiger partial charge in [-0.1, -0.05) is 0 Å². The van der Waals surface area contributed by atoms with Gasteiger partial charge in [-0.3, -0.25) is 0 Å². The van der Waals surface area contributed by atoms with Crippen molar-refractivity contribution in [2.75, 3.05) is 0 Å². The van der Waals surface area contributed by atoms with Gasteiger partial charge in [-0.15, -0.1) is 0 Å². The monoisotopic (exact) mass is 428 g/mol. The van der Waals surface area contributed by atoms with Gasteiger partial charge in [0.15, 0.2) is 0 Å². The first-order valence-electron chi connectivity index (χ1n) is 6.40. The van der Waals surface area contributed by atoms with Gasteiger partial charge >= 0.3 is 24.7 Å². The molecule has 1 heterocycles. The SMILES string of the molecule is [O-]C(C[n+]1ccn(CC(O)(C(F)(F)F)C(F)(F)F)c1)(C(F)(F)F)C(F)(F)F. The maximum absolute atomic E-state index is 12.5. The first kappa shape index (κ1) is 23.3. The van der Waals surface area contributed by atoms with E-state index in [0.717, 1.165) is 0 Å². The number of aromatic nitrogens is 2. The van der Waals surface area contributed by atoms with Crippen LogP contribution in [0.15, 0.2) is 18.7 Å². The molecular formula is C11H8F12N2O2. The summed E-state index contributed by atoms with van der Waals surface area (Å²) in [6.07, 6.45) is -24.8. The number of nitrogens with zero attached hydrogens (tertiary/aromatic N) is 2. The van der Waals surface area contributed by atoms with Crippen LogP contribution in [0.3, 0.4) is 0 Å². The van der Waals surface area contributed by atoms with Crippen molar-refractivity contribution in [2.24, 2.45) is 0 Å². The molecule has 0 aliphatic carbocycles. The average Bonchev–Trinajstić information content (AvgIpc) is 2.80. The van der Waals surface area contributed by atoms with Gasteiger partial charge in [0.2, 0.25) is 6.33 Å². The third-order valence-electron chi connectivity index (χ3n) is 3.42. The molecule has 4 nitrogen and oxygen atoms in total. The Morgan fingerprint density at radius 1 is 0.778 bits per heavy atom. The van der Waals surface area contributed by atoms with E-state index in [2.05, 4.69) is 0 Å². The van der Waals surface area contributed by atoms with Crippen molar-refractivity contribution in [2.45, 2.75) is 49.0 Å². The Morgan fingerprint density at radius 3 is 1.52 bits per heavy atom. The van der Waals surface area contributed by atoms with Crippen molar-refractivity contribution in [1.29, 1.82) is 0 Å². The average molecular weight is 428 g/mol. The Morgan fingerprint density at radius 2 is 1.19 bits per heavy atom. The Kier molecular flexibility index (Phi) is 5.55. The molecule has 0 fully saturated rings. The molecule has 0 aliphatic rings. The number of aliphatic hydroxyl groups is 1. The van der Waals surface area contributed by atoms with Crippen LogP contribution in [0, 0.1) is 0 Å². The lowest BCUT2D eigenvalue weighted by Crippen LogP contribution is -2.72. The summed E-state index contributed by atoms with van der Waals surface area (Å²) in [5.74, 6) is 0. The van der Waals surface area contributed by atoms with Crippen molar-refractivity contribution in [3.8, 4) is 0 Å². The highest BCUT2D eigenvalue weighted by molar-refractivity contribution is 4.95.